The summed E-state index contributed by atoms with van der Waals surface area (Å²) in [6.07, 6.45) is 5.38. The molecule has 0 bridgehead atoms. The molecule has 0 aliphatic rings. The van der Waals surface area contributed by atoms with Gasteiger partial charge >= 0.3 is 0 Å². The molecule has 0 N–H and O–H groups in total. The van der Waals surface area contributed by atoms with Crippen molar-refractivity contribution in [3.63, 3.8) is 0 Å². The van der Waals surface area contributed by atoms with E-state index < -0.39 is 0 Å². The third kappa shape index (κ3) is 6.37. The van der Waals surface area contributed by atoms with Gasteiger partial charge in [0.15, 0.2) is 11.5 Å². The van der Waals surface area contributed by atoms with E-state index >= 15 is 0 Å². The zero-order valence-corrected chi connectivity index (χ0v) is 24.8. The molecule has 0 unspecified atom stereocenters. The summed E-state index contributed by atoms with van der Waals surface area (Å²) in [7, 11) is 4.79. The molecule has 0 aliphatic carbocycles. The summed E-state index contributed by atoms with van der Waals surface area (Å²) in [4.78, 5) is 14.2. The molecular weight excluding hydrogens is 687 g/mol. The molecule has 8 heteroatoms. The fraction of sp³-hybridized carbons (Fsp3) is 0.0968. The molecule has 4 aromatic heterocycles. The van der Waals surface area contributed by atoms with Crippen molar-refractivity contribution < 1.29 is 34.3 Å². The predicted octanol–water partition coefficient (Wildman–Crippen LogP) is 7.16. The summed E-state index contributed by atoms with van der Waals surface area (Å²) in [5.41, 5.74) is 4.57. The second-order valence-electron chi connectivity index (χ2n) is 8.14. The zero-order valence-electron chi connectivity index (χ0n) is 21.5. The second-order valence-corrected chi connectivity index (χ2v) is 9.19. The second kappa shape index (κ2) is 13.2. The van der Waals surface area contributed by atoms with E-state index in [1.807, 2.05) is 73.1 Å². The van der Waals surface area contributed by atoms with Crippen LogP contribution in [-0.4, -0.2) is 31.3 Å². The average Bonchev–Trinajstić information content (AvgIpc) is 3.66. The van der Waals surface area contributed by atoms with Gasteiger partial charge in [0.25, 0.3) is 0 Å². The molecule has 0 saturated heterocycles. The number of benzene rings is 2. The molecule has 2 aromatic carbocycles. The van der Waals surface area contributed by atoms with Gasteiger partial charge in [-0.05, 0) is 51.0 Å². The van der Waals surface area contributed by atoms with Gasteiger partial charge in [0.2, 0.25) is 5.75 Å². The van der Waals surface area contributed by atoms with Gasteiger partial charge in [0.05, 0.1) is 21.3 Å². The van der Waals surface area contributed by atoms with E-state index in [0.717, 1.165) is 33.1 Å². The van der Waals surface area contributed by atoms with Crippen LogP contribution in [0, 0.1) is 6.07 Å². The first-order valence-electron chi connectivity index (χ1n) is 11.9. The molecule has 0 aliphatic heterocycles. The Morgan fingerprint density at radius 2 is 1.36 bits per heavy atom. The van der Waals surface area contributed by atoms with E-state index in [1.54, 1.807) is 38.9 Å². The van der Waals surface area contributed by atoms with E-state index in [4.69, 9.17) is 14.2 Å². The van der Waals surface area contributed by atoms with Crippen LogP contribution in [-0.2, 0) is 20.1 Å². The monoisotopic (exact) mass is 712 g/mol. The van der Waals surface area contributed by atoms with Gasteiger partial charge in [-0.3, -0.25) is 4.98 Å². The molecule has 0 amide bonds. The number of rotatable bonds is 6. The summed E-state index contributed by atoms with van der Waals surface area (Å²) < 4.78 is 17.4. The fourth-order valence-corrected chi connectivity index (χ4v) is 4.93. The SMILES string of the molecule is COc1cc(-c2c[n-]c(-c3ccccn3)c2)cc(OC)c1OC.[Ir].[c-]1c(-c2ccccn2)sc2ccccc12. The van der Waals surface area contributed by atoms with Crippen molar-refractivity contribution in [1.29, 1.82) is 0 Å². The van der Waals surface area contributed by atoms with Gasteiger partial charge in [-0.15, -0.1) is 29.3 Å². The van der Waals surface area contributed by atoms with Crippen molar-refractivity contribution in [1.82, 2.24) is 15.0 Å². The molecule has 6 nitrogen and oxygen atoms in total. The minimum atomic E-state index is 0. The van der Waals surface area contributed by atoms with Crippen LogP contribution in [0.15, 0.2) is 97.5 Å². The first-order valence-corrected chi connectivity index (χ1v) is 12.7. The van der Waals surface area contributed by atoms with Crippen LogP contribution >= 0.6 is 11.3 Å². The molecule has 199 valence electrons. The van der Waals surface area contributed by atoms with Crippen molar-refractivity contribution >= 4 is 21.4 Å². The summed E-state index contributed by atoms with van der Waals surface area (Å²) in [5, 5.41) is 1.17. The van der Waals surface area contributed by atoms with Crippen LogP contribution in [0.2, 0.25) is 0 Å². The van der Waals surface area contributed by atoms with Crippen molar-refractivity contribution in [2.75, 3.05) is 21.3 Å². The molecule has 4 heterocycles. The zero-order chi connectivity index (χ0) is 26.3. The molecule has 1 radical (unpaired) electrons. The molecule has 0 atom stereocenters. The number of nitrogens with zero attached hydrogens (tertiary/aromatic N) is 3. The third-order valence-electron chi connectivity index (χ3n) is 5.81. The largest absolute Gasteiger partial charge is 0.662 e. The third-order valence-corrected chi connectivity index (χ3v) is 6.90. The van der Waals surface area contributed by atoms with Crippen molar-refractivity contribution in [2.45, 2.75) is 0 Å². The van der Waals surface area contributed by atoms with E-state index in [1.165, 1.54) is 10.1 Å². The molecular formula is C31H25IrN3O3S-2. The first kappa shape index (κ1) is 28.0. The number of thiophene rings is 1. The van der Waals surface area contributed by atoms with Crippen molar-refractivity contribution in [2.24, 2.45) is 0 Å². The number of fused-ring (bicyclic) bond motifs is 1. The van der Waals surface area contributed by atoms with Gasteiger partial charge < -0.3 is 24.2 Å². The molecule has 6 rings (SSSR count). The Balaban J connectivity index is 0.000000191. The first-order chi connectivity index (χ1) is 18.7. The Morgan fingerprint density at radius 3 is 1.95 bits per heavy atom. The molecule has 6 aromatic rings. The van der Waals surface area contributed by atoms with E-state index in [2.05, 4.69) is 39.2 Å². The maximum Gasteiger partial charge on any atom is 0.203 e. The number of methoxy groups -OCH3 is 3. The number of aromatic nitrogens is 3. The average molecular weight is 712 g/mol. The summed E-state index contributed by atoms with van der Waals surface area (Å²) in [5.74, 6) is 1.80. The van der Waals surface area contributed by atoms with Crippen LogP contribution in [0.5, 0.6) is 17.2 Å². The quantitative estimate of drug-likeness (QED) is 0.171. The topological polar surface area (TPSA) is 67.6 Å². The van der Waals surface area contributed by atoms with Crippen LogP contribution in [0.3, 0.4) is 0 Å². The number of hydrogen-bond donors (Lipinski definition) is 0. The van der Waals surface area contributed by atoms with Crippen LogP contribution in [0.1, 0.15) is 0 Å². The minimum Gasteiger partial charge on any atom is -0.662 e. The molecule has 0 saturated carbocycles. The van der Waals surface area contributed by atoms with Crippen LogP contribution in [0.4, 0.5) is 0 Å². The Morgan fingerprint density at radius 1 is 0.718 bits per heavy atom. The fourth-order valence-electron chi connectivity index (χ4n) is 3.95. The number of hydrogen-bond acceptors (Lipinski definition) is 6. The minimum absolute atomic E-state index is 0. The van der Waals surface area contributed by atoms with Gasteiger partial charge in [-0.2, -0.15) is 6.20 Å². The Bertz CT molecular complexity index is 1580. The Kier molecular flexibility index (Phi) is 9.49. The van der Waals surface area contributed by atoms with Gasteiger partial charge in [0, 0.05) is 43.9 Å². The van der Waals surface area contributed by atoms with Gasteiger partial charge in [-0.1, -0.05) is 36.4 Å². The smallest absolute Gasteiger partial charge is 0.203 e. The molecule has 0 fully saturated rings. The maximum absolute atomic E-state index is 5.39. The van der Waals surface area contributed by atoms with Crippen molar-refractivity contribution in [3.8, 4) is 50.3 Å². The van der Waals surface area contributed by atoms with Crippen LogP contribution < -0.4 is 19.2 Å². The normalized spacial score (nSPS) is 10.2. The molecule has 0 spiro atoms. The van der Waals surface area contributed by atoms with Gasteiger partial charge in [-0.25, -0.2) is 11.3 Å². The predicted molar refractivity (Wildman–Crippen MR) is 152 cm³/mol. The maximum atomic E-state index is 5.39. The Labute approximate surface area is 245 Å². The standard InChI is InChI=1S/C18H17N2O3.C13H8NS.Ir/c1-21-16-9-12(10-17(22-2)18(16)23-3)13-8-15(20-11-13)14-6-4-5-7-19-14;1-2-7-12-10(5-1)9-13(15-12)11-6-3-4-8-14-11;/h4-11H,1-3H3;1-8H;/q2*-1;. The van der Waals surface area contributed by atoms with E-state index in [0.29, 0.717) is 17.2 Å². The summed E-state index contributed by atoms with van der Waals surface area (Å²) >= 11 is 1.73. The Hall–Kier alpha value is -3.97. The summed E-state index contributed by atoms with van der Waals surface area (Å²) in [6.45, 7) is 0. The van der Waals surface area contributed by atoms with Gasteiger partial charge in [0.1, 0.15) is 0 Å². The molecule has 39 heavy (non-hydrogen) atoms. The number of ether oxygens (including phenoxy) is 3. The number of pyridine rings is 2. The van der Waals surface area contributed by atoms with E-state index in [9.17, 15) is 0 Å². The van der Waals surface area contributed by atoms with E-state index in [-0.39, 0.29) is 20.1 Å². The summed E-state index contributed by atoms with van der Waals surface area (Å²) in [6, 6.07) is 29.1. The van der Waals surface area contributed by atoms with Crippen LogP contribution in [0.25, 0.3) is 43.2 Å². The van der Waals surface area contributed by atoms with Crippen molar-refractivity contribution in [3.05, 3.63) is 104 Å².